The number of nitrogens with zero attached hydrogens (tertiary/aromatic N) is 2. The highest BCUT2D eigenvalue weighted by molar-refractivity contribution is 7.80. The van der Waals surface area contributed by atoms with Crippen molar-refractivity contribution >= 4 is 34.7 Å². The lowest BCUT2D eigenvalue weighted by molar-refractivity contribution is 0.0602. The van der Waals surface area contributed by atoms with Gasteiger partial charge in [-0.25, -0.2) is 9.18 Å². The largest absolute Gasteiger partial charge is 0.465 e. The maximum atomic E-state index is 13.9. The van der Waals surface area contributed by atoms with Crippen molar-refractivity contribution in [3.8, 4) is 0 Å². The minimum Gasteiger partial charge on any atom is -0.465 e. The van der Waals surface area contributed by atoms with E-state index in [1.165, 1.54) is 13.2 Å². The zero-order valence-electron chi connectivity index (χ0n) is 14.4. The molecule has 0 atom stereocenters. The van der Waals surface area contributed by atoms with Crippen LogP contribution in [0, 0.1) is 5.82 Å². The fraction of sp³-hybridized carbons (Fsp3) is 0.263. The Balaban J connectivity index is 1.63. The number of anilines is 2. The third kappa shape index (κ3) is 3.94. The van der Waals surface area contributed by atoms with Crippen LogP contribution in [0.5, 0.6) is 0 Å². The van der Waals surface area contributed by atoms with Gasteiger partial charge < -0.3 is 19.9 Å². The highest BCUT2D eigenvalue weighted by Gasteiger charge is 2.22. The predicted molar refractivity (Wildman–Crippen MR) is 104 cm³/mol. The Labute approximate surface area is 157 Å². The summed E-state index contributed by atoms with van der Waals surface area (Å²) < 4.78 is 18.7. The summed E-state index contributed by atoms with van der Waals surface area (Å²) in [6.45, 7) is 2.67. The molecule has 0 amide bonds. The van der Waals surface area contributed by atoms with Crippen molar-refractivity contribution in [2.75, 3.05) is 43.5 Å². The second-order valence-electron chi connectivity index (χ2n) is 5.89. The second-order valence-corrected chi connectivity index (χ2v) is 6.28. The lowest BCUT2D eigenvalue weighted by Gasteiger charge is -2.37. The number of hydrogen-bond acceptors (Lipinski definition) is 4. The van der Waals surface area contributed by atoms with E-state index in [-0.39, 0.29) is 5.82 Å². The number of esters is 1. The molecule has 0 bridgehead atoms. The van der Waals surface area contributed by atoms with Crippen LogP contribution in [0.25, 0.3) is 0 Å². The number of rotatable bonds is 3. The average molecular weight is 373 g/mol. The molecule has 0 aliphatic carbocycles. The Morgan fingerprint density at radius 2 is 1.73 bits per heavy atom. The molecule has 136 valence electrons. The standard InChI is InChI=1S/C19H20FN3O2S/c1-25-18(24)14-6-2-4-8-16(14)21-19(26)23-12-10-22(11-13-23)17-9-5-3-7-15(17)20/h2-9H,10-13H2,1H3,(H,21,26). The summed E-state index contributed by atoms with van der Waals surface area (Å²) in [6, 6.07) is 13.8. The molecule has 0 spiro atoms. The predicted octanol–water partition coefficient (Wildman–Crippen LogP) is 3.13. The monoisotopic (exact) mass is 373 g/mol. The molecule has 1 saturated heterocycles. The number of carbonyl (C=O) groups is 1. The molecule has 1 aliphatic rings. The molecule has 0 aromatic heterocycles. The molecule has 3 rings (SSSR count). The van der Waals surface area contributed by atoms with Crippen LogP contribution in [0.1, 0.15) is 10.4 Å². The smallest absolute Gasteiger partial charge is 0.339 e. The molecule has 2 aromatic rings. The van der Waals surface area contributed by atoms with Crippen molar-refractivity contribution in [1.82, 2.24) is 4.90 Å². The molecule has 0 radical (unpaired) electrons. The number of halogens is 1. The van der Waals surface area contributed by atoms with E-state index in [1.807, 2.05) is 21.9 Å². The van der Waals surface area contributed by atoms with E-state index in [2.05, 4.69) is 5.32 Å². The van der Waals surface area contributed by atoms with Crippen molar-refractivity contribution in [2.45, 2.75) is 0 Å². The Bertz CT molecular complexity index is 807. The lowest BCUT2D eigenvalue weighted by Crippen LogP contribution is -2.50. The zero-order chi connectivity index (χ0) is 18.5. The van der Waals surface area contributed by atoms with Gasteiger partial charge in [0.15, 0.2) is 5.11 Å². The SMILES string of the molecule is COC(=O)c1ccccc1NC(=S)N1CCN(c2ccccc2F)CC1. The first-order chi connectivity index (χ1) is 12.6. The third-order valence-electron chi connectivity index (χ3n) is 4.33. The summed E-state index contributed by atoms with van der Waals surface area (Å²) in [5.41, 5.74) is 1.66. The van der Waals surface area contributed by atoms with E-state index in [0.717, 1.165) is 0 Å². The normalized spacial score (nSPS) is 14.1. The minimum absolute atomic E-state index is 0.214. The summed E-state index contributed by atoms with van der Waals surface area (Å²) in [7, 11) is 1.35. The number of nitrogens with one attached hydrogen (secondary N) is 1. The minimum atomic E-state index is -0.416. The molecule has 0 saturated carbocycles. The van der Waals surface area contributed by atoms with Crippen LogP contribution in [-0.4, -0.2) is 49.3 Å². The molecule has 1 fully saturated rings. The highest BCUT2D eigenvalue weighted by Crippen LogP contribution is 2.21. The van der Waals surface area contributed by atoms with Gasteiger partial charge in [0.25, 0.3) is 0 Å². The van der Waals surface area contributed by atoms with Crippen LogP contribution in [0.2, 0.25) is 0 Å². The van der Waals surface area contributed by atoms with Gasteiger partial charge in [-0.1, -0.05) is 24.3 Å². The van der Waals surface area contributed by atoms with E-state index in [4.69, 9.17) is 17.0 Å². The van der Waals surface area contributed by atoms with Crippen LogP contribution in [0.3, 0.4) is 0 Å². The zero-order valence-corrected chi connectivity index (χ0v) is 15.3. The Morgan fingerprint density at radius 3 is 2.42 bits per heavy atom. The summed E-state index contributed by atoms with van der Waals surface area (Å²) in [5.74, 6) is -0.631. The summed E-state index contributed by atoms with van der Waals surface area (Å²) >= 11 is 5.49. The highest BCUT2D eigenvalue weighted by atomic mass is 32.1. The first-order valence-electron chi connectivity index (χ1n) is 8.33. The van der Waals surface area contributed by atoms with Gasteiger partial charge in [-0.2, -0.15) is 0 Å². The second kappa shape index (κ2) is 8.14. The molecule has 2 aromatic carbocycles. The number of para-hydroxylation sites is 2. The van der Waals surface area contributed by atoms with Crippen molar-refractivity contribution < 1.29 is 13.9 Å². The van der Waals surface area contributed by atoms with Gasteiger partial charge >= 0.3 is 5.97 Å². The Morgan fingerprint density at radius 1 is 1.08 bits per heavy atom. The fourth-order valence-corrected chi connectivity index (χ4v) is 3.23. The van der Waals surface area contributed by atoms with E-state index < -0.39 is 5.97 Å². The van der Waals surface area contributed by atoms with Gasteiger partial charge in [0, 0.05) is 26.2 Å². The van der Waals surface area contributed by atoms with Crippen molar-refractivity contribution in [1.29, 1.82) is 0 Å². The number of benzene rings is 2. The molecule has 1 heterocycles. The summed E-state index contributed by atoms with van der Waals surface area (Å²) in [6.07, 6.45) is 0. The maximum Gasteiger partial charge on any atom is 0.339 e. The molecule has 1 aliphatic heterocycles. The molecular weight excluding hydrogens is 353 g/mol. The number of methoxy groups -OCH3 is 1. The van der Waals surface area contributed by atoms with Crippen LogP contribution in [0.15, 0.2) is 48.5 Å². The summed E-state index contributed by atoms with van der Waals surface area (Å²) in [4.78, 5) is 15.9. The van der Waals surface area contributed by atoms with Crippen molar-refractivity contribution in [3.05, 3.63) is 59.9 Å². The van der Waals surface area contributed by atoms with Crippen LogP contribution in [-0.2, 0) is 4.74 Å². The number of ether oxygens (including phenoxy) is 1. The number of piperazine rings is 1. The fourth-order valence-electron chi connectivity index (χ4n) is 2.93. The first-order valence-corrected chi connectivity index (χ1v) is 8.73. The van der Waals surface area contributed by atoms with E-state index in [1.54, 1.807) is 30.3 Å². The lowest BCUT2D eigenvalue weighted by atomic mass is 10.2. The van der Waals surface area contributed by atoms with Crippen LogP contribution in [0.4, 0.5) is 15.8 Å². The van der Waals surface area contributed by atoms with Gasteiger partial charge in [0.1, 0.15) is 5.82 Å². The van der Waals surface area contributed by atoms with Crippen molar-refractivity contribution in [3.63, 3.8) is 0 Å². The molecule has 5 nitrogen and oxygen atoms in total. The molecule has 1 N–H and O–H groups in total. The quantitative estimate of drug-likeness (QED) is 0.659. The molecule has 0 unspecified atom stereocenters. The van der Waals surface area contributed by atoms with E-state index in [0.29, 0.717) is 48.2 Å². The maximum absolute atomic E-state index is 13.9. The van der Waals surface area contributed by atoms with Crippen LogP contribution >= 0.6 is 12.2 Å². The van der Waals surface area contributed by atoms with Crippen LogP contribution < -0.4 is 10.2 Å². The van der Waals surface area contributed by atoms with Gasteiger partial charge in [0.2, 0.25) is 0 Å². The van der Waals surface area contributed by atoms with E-state index in [9.17, 15) is 9.18 Å². The first kappa shape index (κ1) is 18.1. The Kier molecular flexibility index (Phi) is 5.68. The number of thiocarbonyl (C=S) groups is 1. The number of hydrogen-bond donors (Lipinski definition) is 1. The van der Waals surface area contributed by atoms with Crippen molar-refractivity contribution in [2.24, 2.45) is 0 Å². The summed E-state index contributed by atoms with van der Waals surface area (Å²) in [5, 5.41) is 3.66. The molecular formula is C19H20FN3O2S. The van der Waals surface area contributed by atoms with E-state index >= 15 is 0 Å². The average Bonchev–Trinajstić information content (AvgIpc) is 2.68. The molecule has 7 heteroatoms. The number of carbonyl (C=O) groups excluding carboxylic acids is 1. The third-order valence-corrected chi connectivity index (χ3v) is 4.69. The Hall–Kier alpha value is -2.67. The van der Waals surface area contributed by atoms with Gasteiger partial charge in [0.05, 0.1) is 24.0 Å². The van der Waals surface area contributed by atoms with Gasteiger partial charge in [-0.3, -0.25) is 0 Å². The van der Waals surface area contributed by atoms with Gasteiger partial charge in [-0.15, -0.1) is 0 Å². The molecule has 26 heavy (non-hydrogen) atoms. The van der Waals surface area contributed by atoms with Gasteiger partial charge in [-0.05, 0) is 36.5 Å². The topological polar surface area (TPSA) is 44.8 Å².